The van der Waals surface area contributed by atoms with Gasteiger partial charge in [0.15, 0.2) is 0 Å². The molecule has 2 aromatic rings. The fourth-order valence-corrected chi connectivity index (χ4v) is 2.07. The van der Waals surface area contributed by atoms with Crippen LogP contribution in [0, 0.1) is 6.92 Å². The third-order valence-electron chi connectivity index (χ3n) is 2.19. The average Bonchev–Trinajstić information content (AvgIpc) is 2.33. The second kappa shape index (κ2) is 5.46. The van der Waals surface area contributed by atoms with Gasteiger partial charge in [0.25, 0.3) is 5.91 Å². The monoisotopic (exact) mass is 325 g/mol. The van der Waals surface area contributed by atoms with Crippen LogP contribution in [0.15, 0.2) is 35.1 Å². The van der Waals surface area contributed by atoms with Gasteiger partial charge in [-0.05, 0) is 41.1 Å². The highest BCUT2D eigenvalue weighted by Crippen LogP contribution is 2.26. The Bertz CT molecular complexity index is 586. The van der Waals surface area contributed by atoms with E-state index in [4.69, 9.17) is 11.6 Å². The molecule has 6 heteroatoms. The van der Waals surface area contributed by atoms with E-state index in [1.807, 2.05) is 6.92 Å². The van der Waals surface area contributed by atoms with Gasteiger partial charge < -0.3 is 5.32 Å². The van der Waals surface area contributed by atoms with E-state index in [0.29, 0.717) is 15.2 Å². The molecule has 0 fully saturated rings. The summed E-state index contributed by atoms with van der Waals surface area (Å²) in [4.78, 5) is 19.9. The lowest BCUT2D eigenvalue weighted by molar-refractivity contribution is 0.102. The van der Waals surface area contributed by atoms with E-state index in [-0.39, 0.29) is 11.6 Å². The number of halogens is 2. The number of aromatic nitrogens is 2. The molecule has 0 aliphatic heterocycles. The van der Waals surface area contributed by atoms with E-state index in [9.17, 15) is 4.79 Å². The Hall–Kier alpha value is -1.46. The summed E-state index contributed by atoms with van der Waals surface area (Å²) < 4.78 is 0.712. The summed E-state index contributed by atoms with van der Waals surface area (Å²) in [5.74, 6) is -0.314. The molecule has 0 unspecified atom stereocenters. The van der Waals surface area contributed by atoms with E-state index in [1.165, 1.54) is 6.20 Å². The highest BCUT2D eigenvalue weighted by atomic mass is 79.9. The van der Waals surface area contributed by atoms with Gasteiger partial charge in [0.05, 0.1) is 17.6 Å². The molecule has 1 heterocycles. The first kappa shape index (κ1) is 13.0. The summed E-state index contributed by atoms with van der Waals surface area (Å²) in [6, 6.07) is 5.12. The van der Waals surface area contributed by atoms with Crippen molar-refractivity contribution in [2.75, 3.05) is 5.32 Å². The summed E-state index contributed by atoms with van der Waals surface area (Å²) in [6.07, 6.45) is 2.99. The SMILES string of the molecule is Cc1cnc(C(=O)Nc2ccc(Cl)cc2Br)cn1. The van der Waals surface area contributed by atoms with E-state index < -0.39 is 0 Å². The number of rotatable bonds is 2. The molecule has 0 saturated carbocycles. The number of hydrogen-bond donors (Lipinski definition) is 1. The Morgan fingerprint density at radius 3 is 2.72 bits per heavy atom. The Labute approximate surface area is 118 Å². The lowest BCUT2D eigenvalue weighted by atomic mass is 10.3. The smallest absolute Gasteiger partial charge is 0.275 e. The first-order chi connectivity index (χ1) is 8.56. The van der Waals surface area contributed by atoms with Gasteiger partial charge in [-0.3, -0.25) is 9.78 Å². The van der Waals surface area contributed by atoms with Crippen molar-refractivity contribution in [3.63, 3.8) is 0 Å². The van der Waals surface area contributed by atoms with Crippen molar-refractivity contribution in [2.45, 2.75) is 6.92 Å². The van der Waals surface area contributed by atoms with Crippen molar-refractivity contribution in [1.29, 1.82) is 0 Å². The van der Waals surface area contributed by atoms with Crippen molar-refractivity contribution < 1.29 is 4.79 Å². The molecule has 1 aromatic heterocycles. The molecule has 18 heavy (non-hydrogen) atoms. The third-order valence-corrected chi connectivity index (χ3v) is 3.08. The summed E-state index contributed by atoms with van der Waals surface area (Å²) in [5.41, 5.74) is 1.66. The second-order valence-electron chi connectivity index (χ2n) is 3.62. The van der Waals surface area contributed by atoms with Crippen LogP contribution in [0.4, 0.5) is 5.69 Å². The minimum absolute atomic E-state index is 0.266. The number of anilines is 1. The molecule has 0 saturated heterocycles. The molecule has 4 nitrogen and oxygen atoms in total. The Balaban J connectivity index is 2.18. The average molecular weight is 327 g/mol. The maximum Gasteiger partial charge on any atom is 0.275 e. The van der Waals surface area contributed by atoms with Crippen molar-refractivity contribution in [2.24, 2.45) is 0 Å². The van der Waals surface area contributed by atoms with Gasteiger partial charge in [-0.2, -0.15) is 0 Å². The standard InChI is InChI=1S/C12H9BrClN3O/c1-7-5-16-11(6-15-7)12(18)17-10-3-2-8(14)4-9(10)13/h2-6H,1H3,(H,17,18). The molecule has 0 bridgehead atoms. The molecule has 1 N–H and O–H groups in total. The molecular weight excluding hydrogens is 318 g/mol. The van der Waals surface area contributed by atoms with Crippen LogP contribution in [-0.2, 0) is 0 Å². The summed E-state index contributed by atoms with van der Waals surface area (Å²) >= 11 is 9.15. The number of carbonyl (C=O) groups is 1. The fraction of sp³-hybridized carbons (Fsp3) is 0.0833. The third kappa shape index (κ3) is 3.05. The molecule has 1 aromatic carbocycles. The summed E-state index contributed by atoms with van der Waals surface area (Å²) in [6.45, 7) is 1.81. The second-order valence-corrected chi connectivity index (χ2v) is 4.91. The largest absolute Gasteiger partial charge is 0.320 e. The Morgan fingerprint density at radius 1 is 1.33 bits per heavy atom. The number of hydrogen-bond acceptors (Lipinski definition) is 3. The van der Waals surface area contributed by atoms with E-state index in [0.717, 1.165) is 5.69 Å². The van der Waals surface area contributed by atoms with E-state index in [1.54, 1.807) is 24.4 Å². The molecular formula is C12H9BrClN3O. The first-order valence-corrected chi connectivity index (χ1v) is 6.28. The van der Waals surface area contributed by atoms with Gasteiger partial charge in [-0.1, -0.05) is 11.6 Å². The van der Waals surface area contributed by atoms with E-state index in [2.05, 4.69) is 31.2 Å². The van der Waals surface area contributed by atoms with Crippen LogP contribution in [-0.4, -0.2) is 15.9 Å². The zero-order chi connectivity index (χ0) is 13.1. The number of benzene rings is 1. The van der Waals surface area contributed by atoms with Crippen LogP contribution in [0.5, 0.6) is 0 Å². The molecule has 92 valence electrons. The van der Waals surface area contributed by atoms with Crippen LogP contribution >= 0.6 is 27.5 Å². The quantitative estimate of drug-likeness (QED) is 0.919. The Morgan fingerprint density at radius 2 is 2.11 bits per heavy atom. The Kier molecular flexibility index (Phi) is 3.93. The maximum absolute atomic E-state index is 11.9. The minimum Gasteiger partial charge on any atom is -0.320 e. The molecule has 0 spiro atoms. The van der Waals surface area contributed by atoms with Gasteiger partial charge in [-0.15, -0.1) is 0 Å². The first-order valence-electron chi connectivity index (χ1n) is 5.11. The van der Waals surface area contributed by atoms with Crippen LogP contribution in [0.25, 0.3) is 0 Å². The molecule has 0 radical (unpaired) electrons. The van der Waals surface area contributed by atoms with Gasteiger partial charge in [0.1, 0.15) is 5.69 Å². The van der Waals surface area contributed by atoms with E-state index >= 15 is 0 Å². The van der Waals surface area contributed by atoms with Crippen LogP contribution in [0.2, 0.25) is 5.02 Å². The fourth-order valence-electron chi connectivity index (χ4n) is 1.29. The number of nitrogens with zero attached hydrogens (tertiary/aromatic N) is 2. The number of carbonyl (C=O) groups excluding carboxylic acids is 1. The van der Waals surface area contributed by atoms with Gasteiger partial charge in [-0.25, -0.2) is 4.98 Å². The van der Waals surface area contributed by atoms with Crippen LogP contribution < -0.4 is 5.32 Å². The van der Waals surface area contributed by atoms with Crippen molar-refractivity contribution in [1.82, 2.24) is 9.97 Å². The zero-order valence-electron chi connectivity index (χ0n) is 9.45. The molecule has 2 rings (SSSR count). The van der Waals surface area contributed by atoms with Crippen molar-refractivity contribution in [3.05, 3.63) is 51.5 Å². The van der Waals surface area contributed by atoms with Crippen LogP contribution in [0.3, 0.4) is 0 Å². The minimum atomic E-state index is -0.314. The van der Waals surface area contributed by atoms with Gasteiger partial charge in [0, 0.05) is 15.7 Å². The lowest BCUT2D eigenvalue weighted by Gasteiger charge is -2.07. The topological polar surface area (TPSA) is 54.9 Å². The maximum atomic E-state index is 11.9. The van der Waals surface area contributed by atoms with Crippen molar-refractivity contribution in [3.8, 4) is 0 Å². The molecule has 0 atom stereocenters. The predicted molar refractivity (Wildman–Crippen MR) is 73.9 cm³/mol. The number of amides is 1. The summed E-state index contributed by atoms with van der Waals surface area (Å²) in [7, 11) is 0. The number of nitrogens with one attached hydrogen (secondary N) is 1. The predicted octanol–water partition coefficient (Wildman–Crippen LogP) is 3.45. The highest BCUT2D eigenvalue weighted by Gasteiger charge is 2.10. The zero-order valence-corrected chi connectivity index (χ0v) is 11.8. The van der Waals surface area contributed by atoms with Crippen LogP contribution in [0.1, 0.15) is 16.2 Å². The highest BCUT2D eigenvalue weighted by molar-refractivity contribution is 9.10. The summed E-state index contributed by atoms with van der Waals surface area (Å²) in [5, 5.41) is 3.32. The lowest BCUT2D eigenvalue weighted by Crippen LogP contribution is -2.14. The van der Waals surface area contributed by atoms with Gasteiger partial charge in [0.2, 0.25) is 0 Å². The van der Waals surface area contributed by atoms with Crippen molar-refractivity contribution >= 4 is 39.1 Å². The van der Waals surface area contributed by atoms with Gasteiger partial charge >= 0.3 is 0 Å². The molecule has 0 aliphatic rings. The number of aryl methyl sites for hydroxylation is 1. The molecule has 0 aliphatic carbocycles. The normalized spacial score (nSPS) is 10.2. The molecule has 1 amide bonds.